The highest BCUT2D eigenvalue weighted by Gasteiger charge is 1.13. The zero-order chi connectivity index (χ0) is 4.71. The maximum absolute atomic E-state index is 8.12. The van der Waals surface area contributed by atoms with E-state index in [4.69, 9.17) is 14.4 Å². The molecular weight excluding hydrogens is 84.0 g/mol. The van der Waals surface area contributed by atoms with Gasteiger partial charge in [-0.3, -0.25) is 0 Å². The molecule has 0 aromatic rings. The molecule has 0 aliphatic carbocycles. The lowest BCUT2D eigenvalue weighted by molar-refractivity contribution is -0.191. The standard InChI is InChI=1S/CO2.CH2O.CH4/c2-1-3;1-2;/h;1H2;1H4. The van der Waals surface area contributed by atoms with Crippen LogP contribution in [0.1, 0.15) is 7.43 Å². The van der Waals surface area contributed by atoms with Gasteiger partial charge in [0.2, 0.25) is 0 Å². The molecule has 0 N–H and O–H groups in total. The molecule has 0 heterocycles. The lowest BCUT2D eigenvalue weighted by Gasteiger charge is -0.945. The van der Waals surface area contributed by atoms with Gasteiger partial charge in [-0.2, -0.15) is 9.59 Å². The van der Waals surface area contributed by atoms with Gasteiger partial charge in [0.25, 0.3) is 0 Å². The minimum absolute atomic E-state index is 0. The largest absolute Gasteiger partial charge is 0.373 e. The van der Waals surface area contributed by atoms with E-state index in [0.29, 0.717) is 0 Å². The van der Waals surface area contributed by atoms with E-state index in [9.17, 15) is 0 Å². The lowest BCUT2D eigenvalue weighted by atomic mass is 11.8. The fraction of sp³-hybridized carbons (Fsp3) is 0.333. The van der Waals surface area contributed by atoms with Crippen LogP contribution in [0.4, 0.5) is 0 Å². The van der Waals surface area contributed by atoms with Crippen LogP contribution in [0.5, 0.6) is 0 Å². The first-order valence-corrected chi connectivity index (χ1v) is 0.697. The van der Waals surface area contributed by atoms with Crippen LogP contribution in [0.15, 0.2) is 0 Å². The Labute approximate surface area is 36.0 Å². The second-order valence-corrected chi connectivity index (χ2v) is 0.0833. The molecular formula is C3H6O3. The quantitative estimate of drug-likeness (QED) is 0.416. The monoisotopic (exact) mass is 90.0 g/mol. The highest BCUT2D eigenvalue weighted by Crippen LogP contribution is 0.787. The molecule has 0 unspecified atom stereocenters. The maximum atomic E-state index is 8.12. The summed E-state index contributed by atoms with van der Waals surface area (Å²) in [6, 6.07) is 0. The van der Waals surface area contributed by atoms with Crippen LogP contribution in [0.25, 0.3) is 0 Å². The van der Waals surface area contributed by atoms with E-state index >= 15 is 0 Å². The number of carbonyl (C=O) groups is 1. The van der Waals surface area contributed by atoms with Crippen LogP contribution >= 0.6 is 0 Å². The minimum Gasteiger partial charge on any atom is -0.307 e. The molecule has 3 heteroatoms. The smallest absolute Gasteiger partial charge is 0.307 e. The van der Waals surface area contributed by atoms with Crippen LogP contribution in [0.2, 0.25) is 0 Å². The molecule has 6 heavy (non-hydrogen) atoms. The molecule has 0 bridgehead atoms. The van der Waals surface area contributed by atoms with Crippen molar-refractivity contribution in [2.75, 3.05) is 0 Å². The third-order valence-corrected chi connectivity index (χ3v) is 0. The van der Waals surface area contributed by atoms with E-state index in [1.54, 1.807) is 0 Å². The third-order valence-electron chi connectivity index (χ3n) is 0. The summed E-state index contributed by atoms with van der Waals surface area (Å²) < 4.78 is 0. The predicted octanol–water partition coefficient (Wildman–Crippen LogP) is -0.132. The first kappa shape index (κ1) is 19.7. The fourth-order valence-corrected chi connectivity index (χ4v) is 0. The van der Waals surface area contributed by atoms with E-state index < -0.39 is 0 Å². The van der Waals surface area contributed by atoms with Crippen LogP contribution in [-0.4, -0.2) is 12.9 Å². The van der Waals surface area contributed by atoms with Crippen LogP contribution in [0.3, 0.4) is 0 Å². The van der Waals surface area contributed by atoms with Crippen molar-refractivity contribution >= 4 is 12.9 Å². The number of rotatable bonds is 0. The van der Waals surface area contributed by atoms with Crippen molar-refractivity contribution in [3.8, 4) is 0 Å². The SMILES string of the molecule is C.C=O.O=C=O. The predicted molar refractivity (Wildman–Crippen MR) is 18.9 cm³/mol. The van der Waals surface area contributed by atoms with Crippen molar-refractivity contribution < 1.29 is 14.4 Å². The topological polar surface area (TPSA) is 51.2 Å². The molecule has 0 rings (SSSR count). The number of carbonyl (C=O) groups excluding carboxylic acids is 3. The number of hydrogen-bond donors (Lipinski definition) is 0. The van der Waals surface area contributed by atoms with Crippen molar-refractivity contribution in [3.05, 3.63) is 0 Å². The average Bonchev–Trinajstić information content (AvgIpc) is 1.46. The first-order valence-electron chi connectivity index (χ1n) is 0.697. The van der Waals surface area contributed by atoms with E-state index in [-0.39, 0.29) is 13.6 Å². The molecule has 0 spiro atoms. The van der Waals surface area contributed by atoms with Crippen molar-refractivity contribution in [3.63, 3.8) is 0 Å². The maximum Gasteiger partial charge on any atom is 0.373 e. The summed E-state index contributed by atoms with van der Waals surface area (Å²) in [7, 11) is 0. The molecule has 0 aromatic heterocycles. The second kappa shape index (κ2) is 15100. The molecule has 0 saturated heterocycles. The Hall–Kier alpha value is -0.950. The zero-order valence-electron chi connectivity index (χ0n) is 2.43. The Kier molecular flexibility index (Phi) is 49500. The Morgan fingerprint density at radius 1 is 1.17 bits per heavy atom. The summed E-state index contributed by atoms with van der Waals surface area (Å²) in [4.78, 5) is 24.2. The summed E-state index contributed by atoms with van der Waals surface area (Å²) in [6.45, 7) is 2.00. The molecule has 3 nitrogen and oxygen atoms in total. The molecule has 0 aliphatic rings. The van der Waals surface area contributed by atoms with Crippen molar-refractivity contribution in [2.45, 2.75) is 7.43 Å². The van der Waals surface area contributed by atoms with Gasteiger partial charge in [0.1, 0.15) is 6.79 Å². The summed E-state index contributed by atoms with van der Waals surface area (Å²) in [6.07, 6.45) is 0.250. The average molecular weight is 90.1 g/mol. The normalized spacial score (nSPS) is 2.00. The van der Waals surface area contributed by atoms with Gasteiger partial charge in [-0.25, -0.2) is 0 Å². The van der Waals surface area contributed by atoms with Gasteiger partial charge in [-0.15, -0.1) is 0 Å². The van der Waals surface area contributed by atoms with Crippen molar-refractivity contribution in [2.24, 2.45) is 0 Å². The first-order chi connectivity index (χ1) is 2.41. The van der Waals surface area contributed by atoms with Gasteiger partial charge in [-0.1, -0.05) is 7.43 Å². The third kappa shape index (κ3) is 14.2. The van der Waals surface area contributed by atoms with E-state index in [2.05, 4.69) is 0 Å². The van der Waals surface area contributed by atoms with Crippen molar-refractivity contribution in [1.82, 2.24) is 0 Å². The molecule has 0 amide bonds. The highest BCUT2D eigenvalue weighted by atomic mass is 16.2. The summed E-state index contributed by atoms with van der Waals surface area (Å²) in [5, 5.41) is 0. The van der Waals surface area contributed by atoms with Gasteiger partial charge in [-0.05, 0) is 0 Å². The van der Waals surface area contributed by atoms with Gasteiger partial charge in [0.15, 0.2) is 0 Å². The van der Waals surface area contributed by atoms with Crippen LogP contribution < -0.4 is 0 Å². The molecule has 0 radical (unpaired) electrons. The van der Waals surface area contributed by atoms with Crippen LogP contribution in [0, 0.1) is 0 Å². The zero-order valence-corrected chi connectivity index (χ0v) is 2.43. The minimum atomic E-state index is 0. The molecule has 0 fully saturated rings. The molecule has 0 atom stereocenters. The Bertz CT molecular complexity index is 35.3. The van der Waals surface area contributed by atoms with Gasteiger partial charge >= 0.3 is 6.15 Å². The Balaban J connectivity index is -0.0000000275. The molecule has 0 saturated carbocycles. The van der Waals surface area contributed by atoms with Gasteiger partial charge in [0.05, 0.1) is 0 Å². The Morgan fingerprint density at radius 3 is 1.17 bits per heavy atom. The fourth-order valence-electron chi connectivity index (χ4n) is 0. The van der Waals surface area contributed by atoms with E-state index in [1.807, 2.05) is 6.79 Å². The Morgan fingerprint density at radius 2 is 1.17 bits per heavy atom. The molecule has 0 aromatic carbocycles. The summed E-state index contributed by atoms with van der Waals surface area (Å²) >= 11 is 0. The summed E-state index contributed by atoms with van der Waals surface area (Å²) in [5.41, 5.74) is 0. The number of hydrogen-bond acceptors (Lipinski definition) is 3. The van der Waals surface area contributed by atoms with Gasteiger partial charge in [0, 0.05) is 0 Å². The summed E-state index contributed by atoms with van der Waals surface area (Å²) in [5.74, 6) is 0. The molecule has 36 valence electrons. The molecule has 0 aliphatic heterocycles. The van der Waals surface area contributed by atoms with Crippen LogP contribution in [-0.2, 0) is 14.4 Å². The van der Waals surface area contributed by atoms with E-state index in [0.717, 1.165) is 0 Å². The van der Waals surface area contributed by atoms with Crippen molar-refractivity contribution in [1.29, 1.82) is 0 Å². The van der Waals surface area contributed by atoms with E-state index in [1.165, 1.54) is 0 Å². The second-order valence-electron chi connectivity index (χ2n) is 0.0833. The lowest BCUT2D eigenvalue weighted by Crippen LogP contribution is -1.22. The highest BCUT2D eigenvalue weighted by molar-refractivity contribution is 5.20. The van der Waals surface area contributed by atoms with Gasteiger partial charge < -0.3 is 4.79 Å².